The lowest BCUT2D eigenvalue weighted by atomic mass is 9.80. The van der Waals surface area contributed by atoms with E-state index in [-0.39, 0.29) is 18.6 Å². The van der Waals surface area contributed by atoms with E-state index in [1.54, 1.807) is 6.07 Å². The van der Waals surface area contributed by atoms with Crippen LogP contribution in [0.4, 0.5) is 11.4 Å². The van der Waals surface area contributed by atoms with Crippen LogP contribution in [0.5, 0.6) is 0 Å². The molecule has 2 rings (SSSR count). The van der Waals surface area contributed by atoms with E-state index < -0.39 is 0 Å². The maximum absolute atomic E-state index is 11.9. The van der Waals surface area contributed by atoms with Gasteiger partial charge in [-0.15, -0.1) is 0 Å². The fourth-order valence-corrected chi connectivity index (χ4v) is 2.76. The Morgan fingerprint density at radius 1 is 1.33 bits per heavy atom. The van der Waals surface area contributed by atoms with Crippen molar-refractivity contribution in [2.75, 3.05) is 17.7 Å². The summed E-state index contributed by atoms with van der Waals surface area (Å²) in [5, 5.41) is 2.83. The number of amides is 1. The zero-order chi connectivity index (χ0) is 15.4. The highest BCUT2D eigenvalue weighted by Gasteiger charge is 2.25. The van der Waals surface area contributed by atoms with Crippen molar-refractivity contribution >= 4 is 17.3 Å². The molecule has 4 nitrogen and oxygen atoms in total. The van der Waals surface area contributed by atoms with Crippen LogP contribution in [-0.4, -0.2) is 18.6 Å². The summed E-state index contributed by atoms with van der Waals surface area (Å²) in [6.07, 6.45) is 3.49. The molecule has 1 fully saturated rings. The van der Waals surface area contributed by atoms with Crippen LogP contribution in [0.15, 0.2) is 18.2 Å². The third kappa shape index (κ3) is 4.46. The largest absolute Gasteiger partial charge is 0.398 e. The fraction of sp³-hybridized carbons (Fsp3) is 0.588. The number of carbonyl (C=O) groups is 1. The van der Waals surface area contributed by atoms with E-state index in [4.69, 9.17) is 10.5 Å². The highest BCUT2D eigenvalue weighted by Crippen LogP contribution is 2.30. The molecule has 1 amide bonds. The molecule has 4 heteroatoms. The van der Waals surface area contributed by atoms with Crippen molar-refractivity contribution in [2.24, 2.45) is 11.8 Å². The molecule has 0 aromatic heterocycles. The molecule has 0 heterocycles. The average molecular weight is 290 g/mol. The molecular formula is C17H26N2O2. The Kier molecular flexibility index (Phi) is 5.23. The van der Waals surface area contributed by atoms with Crippen molar-refractivity contribution < 1.29 is 9.53 Å². The van der Waals surface area contributed by atoms with E-state index in [2.05, 4.69) is 19.2 Å². The Hall–Kier alpha value is -1.55. The van der Waals surface area contributed by atoms with Crippen molar-refractivity contribution in [1.29, 1.82) is 0 Å². The standard InChI is InChI=1S/C17H26N2O2/c1-11-5-7-15(8-13(11)3)21-10-17(20)19-14-6-4-12(2)16(18)9-14/h4,6,9,11,13,15H,5,7-8,10,18H2,1-3H3,(H,19,20). The van der Waals surface area contributed by atoms with Crippen LogP contribution >= 0.6 is 0 Å². The molecule has 0 radical (unpaired) electrons. The number of carbonyl (C=O) groups excluding carboxylic acids is 1. The maximum Gasteiger partial charge on any atom is 0.250 e. The molecule has 1 aromatic rings. The molecule has 0 bridgehead atoms. The third-order valence-electron chi connectivity index (χ3n) is 4.56. The van der Waals surface area contributed by atoms with Crippen molar-refractivity contribution in [1.82, 2.24) is 0 Å². The van der Waals surface area contributed by atoms with E-state index >= 15 is 0 Å². The summed E-state index contributed by atoms with van der Waals surface area (Å²) in [4.78, 5) is 11.9. The summed E-state index contributed by atoms with van der Waals surface area (Å²) in [5.74, 6) is 1.31. The fourth-order valence-electron chi connectivity index (χ4n) is 2.76. The number of hydrogen-bond acceptors (Lipinski definition) is 3. The van der Waals surface area contributed by atoms with Crippen LogP contribution in [-0.2, 0) is 9.53 Å². The molecule has 21 heavy (non-hydrogen) atoms. The number of aryl methyl sites for hydroxylation is 1. The zero-order valence-electron chi connectivity index (χ0n) is 13.2. The lowest BCUT2D eigenvalue weighted by Crippen LogP contribution is -2.29. The zero-order valence-corrected chi connectivity index (χ0v) is 13.2. The number of nitrogens with one attached hydrogen (secondary N) is 1. The smallest absolute Gasteiger partial charge is 0.250 e. The van der Waals surface area contributed by atoms with Crippen LogP contribution in [0.3, 0.4) is 0 Å². The second kappa shape index (κ2) is 6.94. The molecule has 1 saturated carbocycles. The minimum absolute atomic E-state index is 0.111. The Balaban J connectivity index is 1.78. The van der Waals surface area contributed by atoms with E-state index in [1.807, 2.05) is 19.1 Å². The van der Waals surface area contributed by atoms with Gasteiger partial charge in [-0.2, -0.15) is 0 Å². The number of ether oxygens (including phenoxy) is 1. The second-order valence-electron chi connectivity index (χ2n) is 6.32. The molecule has 0 spiro atoms. The van der Waals surface area contributed by atoms with E-state index in [1.165, 1.54) is 6.42 Å². The summed E-state index contributed by atoms with van der Waals surface area (Å²) < 4.78 is 5.75. The van der Waals surface area contributed by atoms with Crippen molar-refractivity contribution in [2.45, 2.75) is 46.1 Å². The van der Waals surface area contributed by atoms with Crippen molar-refractivity contribution in [3.05, 3.63) is 23.8 Å². The highest BCUT2D eigenvalue weighted by atomic mass is 16.5. The van der Waals surface area contributed by atoms with Crippen molar-refractivity contribution in [3.63, 3.8) is 0 Å². The summed E-state index contributed by atoms with van der Waals surface area (Å²) in [7, 11) is 0. The Bertz CT molecular complexity index is 502. The van der Waals surface area contributed by atoms with E-state index in [0.29, 0.717) is 11.6 Å². The van der Waals surface area contributed by atoms with Crippen molar-refractivity contribution in [3.8, 4) is 0 Å². The first-order valence-corrected chi connectivity index (χ1v) is 7.73. The Labute approximate surface area is 127 Å². The second-order valence-corrected chi connectivity index (χ2v) is 6.32. The lowest BCUT2D eigenvalue weighted by Gasteiger charge is -2.31. The van der Waals surface area contributed by atoms with Gasteiger partial charge in [0, 0.05) is 11.4 Å². The summed E-state index contributed by atoms with van der Waals surface area (Å²) in [6, 6.07) is 5.53. The van der Waals surface area contributed by atoms with Crippen LogP contribution in [0.1, 0.15) is 38.7 Å². The highest BCUT2D eigenvalue weighted by molar-refractivity contribution is 5.92. The van der Waals surface area contributed by atoms with Gasteiger partial charge in [0.05, 0.1) is 6.10 Å². The van der Waals surface area contributed by atoms with Gasteiger partial charge < -0.3 is 15.8 Å². The molecule has 3 unspecified atom stereocenters. The Morgan fingerprint density at radius 3 is 2.76 bits per heavy atom. The summed E-state index contributed by atoms with van der Waals surface area (Å²) in [6.45, 7) is 6.60. The summed E-state index contributed by atoms with van der Waals surface area (Å²) >= 11 is 0. The minimum Gasteiger partial charge on any atom is -0.398 e. The normalized spacial score (nSPS) is 25.6. The first kappa shape index (κ1) is 15.8. The number of benzene rings is 1. The predicted octanol–water partition coefficient (Wildman–Crippen LogP) is 3.36. The van der Waals surface area contributed by atoms with Crippen LogP contribution in [0, 0.1) is 18.8 Å². The average Bonchev–Trinajstić information content (AvgIpc) is 2.44. The Morgan fingerprint density at radius 2 is 2.10 bits per heavy atom. The first-order chi connectivity index (χ1) is 9.95. The molecule has 116 valence electrons. The topological polar surface area (TPSA) is 64.3 Å². The number of hydrogen-bond donors (Lipinski definition) is 2. The lowest BCUT2D eigenvalue weighted by molar-refractivity contribution is -0.123. The third-order valence-corrected chi connectivity index (χ3v) is 4.56. The van der Waals surface area contributed by atoms with Gasteiger partial charge in [0.1, 0.15) is 6.61 Å². The van der Waals surface area contributed by atoms with Gasteiger partial charge >= 0.3 is 0 Å². The monoisotopic (exact) mass is 290 g/mol. The van der Waals surface area contributed by atoms with Crippen LogP contribution in [0.2, 0.25) is 0 Å². The molecule has 0 aliphatic heterocycles. The molecule has 1 aromatic carbocycles. The van der Waals surface area contributed by atoms with E-state index in [0.717, 1.165) is 30.0 Å². The predicted molar refractivity (Wildman–Crippen MR) is 86.1 cm³/mol. The number of rotatable bonds is 4. The van der Waals surface area contributed by atoms with Gasteiger partial charge in [-0.05, 0) is 55.7 Å². The van der Waals surface area contributed by atoms with Crippen LogP contribution < -0.4 is 11.1 Å². The first-order valence-electron chi connectivity index (χ1n) is 7.73. The molecular weight excluding hydrogens is 264 g/mol. The number of nitrogens with two attached hydrogens (primary N) is 1. The van der Waals surface area contributed by atoms with Gasteiger partial charge in [0.2, 0.25) is 5.91 Å². The van der Waals surface area contributed by atoms with Gasteiger partial charge in [0.25, 0.3) is 0 Å². The van der Waals surface area contributed by atoms with Gasteiger partial charge in [-0.1, -0.05) is 19.9 Å². The van der Waals surface area contributed by atoms with Gasteiger partial charge in [0.15, 0.2) is 0 Å². The van der Waals surface area contributed by atoms with Gasteiger partial charge in [-0.3, -0.25) is 4.79 Å². The number of anilines is 2. The summed E-state index contributed by atoms with van der Waals surface area (Å²) in [5.41, 5.74) is 8.25. The molecule has 3 atom stereocenters. The minimum atomic E-state index is -0.121. The SMILES string of the molecule is Cc1ccc(NC(=O)COC2CCC(C)C(C)C2)cc1N. The molecule has 1 aliphatic rings. The van der Waals surface area contributed by atoms with Gasteiger partial charge in [-0.25, -0.2) is 0 Å². The molecule has 0 saturated heterocycles. The number of nitrogen functional groups attached to an aromatic ring is 1. The van der Waals surface area contributed by atoms with Crippen LogP contribution in [0.25, 0.3) is 0 Å². The molecule has 3 N–H and O–H groups in total. The quantitative estimate of drug-likeness (QED) is 0.836. The maximum atomic E-state index is 11.9. The molecule has 1 aliphatic carbocycles. The van der Waals surface area contributed by atoms with E-state index in [9.17, 15) is 4.79 Å².